The second kappa shape index (κ2) is 1.90. The number of benzene rings is 1. The Bertz CT molecular complexity index is 286. The molecule has 0 aliphatic heterocycles. The van der Waals surface area contributed by atoms with Gasteiger partial charge in [0, 0.05) is 0 Å². The molecule has 1 aromatic heterocycles. The molecular weight excluding hydrogens is 363 g/mol. The largest absolute Gasteiger partial charge is 0.328 e. The van der Waals surface area contributed by atoms with E-state index in [1.165, 1.54) is 0 Å². The summed E-state index contributed by atoms with van der Waals surface area (Å²) in [7, 11) is 0. The maximum atomic E-state index is 3.85. The molecule has 2 aromatic rings. The summed E-state index contributed by atoms with van der Waals surface area (Å²) in [4.78, 5) is 0. The van der Waals surface area contributed by atoms with Crippen LogP contribution in [0.2, 0.25) is 0 Å². The fourth-order valence-corrected chi connectivity index (χ4v) is 0.820. The van der Waals surface area contributed by atoms with Gasteiger partial charge in [-0.3, -0.25) is 0 Å². The molecule has 0 saturated heterocycles. The van der Waals surface area contributed by atoms with E-state index in [1.54, 1.807) is 6.20 Å². The van der Waals surface area contributed by atoms with E-state index in [2.05, 4.69) is 16.3 Å². The first-order chi connectivity index (χ1) is 4.47. The Balaban J connectivity index is 0.000000500. The summed E-state index contributed by atoms with van der Waals surface area (Å²) < 4.78 is 0. The van der Waals surface area contributed by atoms with Gasteiger partial charge in [0.15, 0.2) is 0 Å². The third kappa shape index (κ3) is 0.580. The molecule has 0 bridgehead atoms. The van der Waals surface area contributed by atoms with E-state index >= 15 is 0 Å². The number of hydrogen-bond donors (Lipinski definition) is 1. The van der Waals surface area contributed by atoms with Gasteiger partial charge in [-0.2, -0.15) is 0 Å². The van der Waals surface area contributed by atoms with Crippen molar-refractivity contribution in [1.29, 1.82) is 0 Å². The Morgan fingerprint density at radius 2 is 2.40 bits per heavy atom. The summed E-state index contributed by atoms with van der Waals surface area (Å²) in [6.07, 6.45) is 1.76. The van der Waals surface area contributed by atoms with E-state index < -0.39 is 0 Å². The van der Waals surface area contributed by atoms with Gasteiger partial charge >= 0.3 is 0 Å². The molecule has 1 heterocycles. The molecule has 2 nitrogen and oxygen atoms in total. The standard InChI is InChI=1S/C7H5N2.Cf/c1-2-4-7-6(3-1)5-8-9-7;/h1-2,4-5H,(H,8,9);/q-1;. The van der Waals surface area contributed by atoms with E-state index in [1.807, 2.05) is 18.2 Å². The average Bonchev–Trinajstić information content (AvgIpc) is 2.33. The molecule has 1 aromatic carbocycles. The first-order valence-electron chi connectivity index (χ1n) is 2.76. The van der Waals surface area contributed by atoms with Crippen molar-refractivity contribution in [2.45, 2.75) is 0 Å². The van der Waals surface area contributed by atoms with Crippen molar-refractivity contribution < 1.29 is 0 Å². The van der Waals surface area contributed by atoms with E-state index in [0.717, 1.165) is 10.9 Å². The number of fused-ring (bicyclic) bond motifs is 1. The second-order valence-electron chi connectivity index (χ2n) is 1.87. The fourth-order valence-electron chi connectivity index (χ4n) is 0.820. The molecule has 0 atom stereocenters. The van der Waals surface area contributed by atoms with Gasteiger partial charge in [-0.15, -0.1) is 29.7 Å². The molecule has 0 aliphatic carbocycles. The molecule has 10 heavy (non-hydrogen) atoms. The molecule has 54 valence electrons. The molecule has 0 saturated carbocycles. The third-order valence-corrected chi connectivity index (χ3v) is 1.27. The van der Waals surface area contributed by atoms with E-state index in [-0.39, 0.29) is 0 Å². The minimum absolute atomic E-state index is 0. The van der Waals surface area contributed by atoms with Crippen molar-refractivity contribution in [3.05, 3.63) is 30.5 Å². The number of aromatic amines is 1. The Morgan fingerprint density at radius 3 is 3.20 bits per heavy atom. The van der Waals surface area contributed by atoms with Crippen LogP contribution in [0.1, 0.15) is 0 Å². The van der Waals surface area contributed by atoms with Crippen LogP contribution >= 0.6 is 0 Å². The Hall–Kier alpha value is -2.31. The second-order valence-corrected chi connectivity index (χ2v) is 1.87. The van der Waals surface area contributed by atoms with Crippen LogP contribution in [0, 0.1) is 6.07 Å². The van der Waals surface area contributed by atoms with Gasteiger partial charge in [-0.1, -0.05) is 0 Å². The third-order valence-electron chi connectivity index (χ3n) is 1.27. The van der Waals surface area contributed by atoms with Crippen molar-refractivity contribution in [2.75, 3.05) is 0 Å². The molecule has 0 unspecified atom stereocenters. The minimum Gasteiger partial charge on any atom is -0.328 e. The van der Waals surface area contributed by atoms with Gasteiger partial charge < -0.3 is 5.10 Å². The van der Waals surface area contributed by atoms with Crippen LogP contribution in [0.5, 0.6) is 0 Å². The van der Waals surface area contributed by atoms with Gasteiger partial charge in [0.25, 0.3) is 0 Å². The van der Waals surface area contributed by atoms with Crippen molar-refractivity contribution in [1.82, 2.24) is 10.2 Å². The Labute approximate surface area is 52.5 Å². The van der Waals surface area contributed by atoms with Gasteiger partial charge in [0.05, 0.1) is 0 Å². The number of rotatable bonds is 0. The molecule has 2 rings (SSSR count). The summed E-state index contributed by atoms with van der Waals surface area (Å²) in [6, 6.07) is 8.81. The molecule has 0 spiro atoms. The fraction of sp³-hybridized carbons (Fsp3) is 0. The molecule has 1 N–H and O–H groups in total. The number of hydrogen-bond acceptors (Lipinski definition) is 1. The molecule has 0 aliphatic rings. The number of nitrogens with one attached hydrogen (secondary N) is 1. The van der Waals surface area contributed by atoms with Gasteiger partial charge in [0.1, 0.15) is 0 Å². The zero-order valence-electron chi connectivity index (χ0n) is 5.07. The smallest absolute Gasteiger partial charge is 0 e. The van der Waals surface area contributed by atoms with Crippen LogP contribution in [0.4, 0.5) is 0 Å². The van der Waals surface area contributed by atoms with E-state index in [9.17, 15) is 0 Å². The van der Waals surface area contributed by atoms with E-state index in [4.69, 9.17) is 0 Å². The van der Waals surface area contributed by atoms with Crippen molar-refractivity contribution >= 4 is 10.9 Å². The first kappa shape index (κ1) is 5.82. The Kier molecular flexibility index (Phi) is 1.10. The number of aromatic nitrogens is 2. The first-order valence-corrected chi connectivity index (χ1v) is 2.76. The quantitative estimate of drug-likeness (QED) is 0.700. The van der Waals surface area contributed by atoms with Crippen LogP contribution in [0.15, 0.2) is 24.4 Å². The maximum absolute atomic E-state index is 3.85. The summed E-state index contributed by atoms with van der Waals surface area (Å²) in [5, 5.41) is 7.72. The van der Waals surface area contributed by atoms with Crippen LogP contribution < -0.4 is 0 Å². The summed E-state index contributed by atoms with van der Waals surface area (Å²) >= 11 is 0. The van der Waals surface area contributed by atoms with Gasteiger partial charge in [-0.25, -0.2) is 5.10 Å². The predicted molar refractivity (Wildman–Crippen MR) is 34.9 cm³/mol. The van der Waals surface area contributed by atoms with Crippen molar-refractivity contribution in [3.8, 4) is 0 Å². The molecular formula is C7H5CfN2-. The van der Waals surface area contributed by atoms with Crippen molar-refractivity contribution in [3.63, 3.8) is 0 Å². The van der Waals surface area contributed by atoms with Crippen LogP contribution in [0.3, 0.4) is 0 Å². The zero-order chi connectivity index (χ0) is 6.10. The van der Waals surface area contributed by atoms with E-state index in [0.29, 0.717) is 0 Å². The van der Waals surface area contributed by atoms with Crippen LogP contribution in [0.25, 0.3) is 10.9 Å². The van der Waals surface area contributed by atoms with Gasteiger partial charge in [-0.05, 0) is 11.7 Å². The van der Waals surface area contributed by atoms with Gasteiger partial charge in [0.2, 0.25) is 0 Å². The summed E-state index contributed by atoms with van der Waals surface area (Å²) in [6.45, 7) is 0. The topological polar surface area (TPSA) is 28.7 Å². The molecule has 0 amide bonds. The normalized spacial score (nSPS) is 9.20. The molecule has 0 fully saturated rings. The Morgan fingerprint density at radius 1 is 1.50 bits per heavy atom. The van der Waals surface area contributed by atoms with Crippen LogP contribution in [-0.4, -0.2) is 10.2 Å². The summed E-state index contributed by atoms with van der Waals surface area (Å²) in [5.74, 6) is 0. The van der Waals surface area contributed by atoms with Crippen LogP contribution in [-0.2, 0) is 0 Å². The predicted octanol–water partition coefficient (Wildman–Crippen LogP) is 1.36. The monoisotopic (exact) mass is 366 g/mol. The zero-order valence-corrected chi connectivity index (χ0v) is 7.71. The van der Waals surface area contributed by atoms with Crippen molar-refractivity contribution in [2.24, 2.45) is 0 Å². The maximum Gasteiger partial charge on any atom is 0 e. The number of H-pyrrole nitrogens is 1. The average molecular weight is 368 g/mol. The minimum atomic E-state index is 0. The number of nitrogens with zero attached hydrogens (tertiary/aromatic N) is 1. The molecule has 0 radical (unpaired) electrons. The molecule has 3 heteroatoms. The summed E-state index contributed by atoms with van der Waals surface area (Å²) in [5.41, 5.74) is 1.04. The SMILES string of the molecule is [Cf].[c-]1cccc2[nH]ncc12.